The summed E-state index contributed by atoms with van der Waals surface area (Å²) in [4.78, 5) is 11.3. The van der Waals surface area contributed by atoms with Crippen LogP contribution in [0.1, 0.15) is 12.0 Å². The van der Waals surface area contributed by atoms with E-state index >= 15 is 0 Å². The molecule has 1 rings (SSSR count). The standard InChI is InChI=1S/C14H19NO2S/c1-2-3-10-18-11-9-15-14(16)17-12-13-7-5-4-6-8-13/h2,4-8H,1,3,9-12H2,(H,15,16). The molecule has 0 saturated heterocycles. The SMILES string of the molecule is C=CCCSCCNC(=O)OCc1ccccc1. The Morgan fingerprint density at radius 3 is 2.83 bits per heavy atom. The second kappa shape index (κ2) is 9.59. The van der Waals surface area contributed by atoms with Crippen molar-refractivity contribution in [3.8, 4) is 0 Å². The Labute approximate surface area is 113 Å². The van der Waals surface area contributed by atoms with Crippen LogP contribution < -0.4 is 5.32 Å². The number of alkyl carbamates (subject to hydrolysis) is 1. The predicted octanol–water partition coefficient (Wildman–Crippen LogP) is 3.22. The van der Waals surface area contributed by atoms with Crippen molar-refractivity contribution in [2.75, 3.05) is 18.1 Å². The molecule has 0 fully saturated rings. The van der Waals surface area contributed by atoms with E-state index in [1.807, 2.05) is 36.4 Å². The molecule has 0 spiro atoms. The first-order valence-electron chi connectivity index (χ1n) is 5.96. The number of amides is 1. The Bertz CT molecular complexity index is 354. The van der Waals surface area contributed by atoms with Crippen molar-refractivity contribution in [1.82, 2.24) is 5.32 Å². The Balaban J connectivity index is 2.02. The number of benzene rings is 1. The maximum Gasteiger partial charge on any atom is 0.407 e. The molecule has 98 valence electrons. The molecule has 0 atom stereocenters. The minimum absolute atomic E-state index is 0.316. The molecule has 3 nitrogen and oxygen atoms in total. The van der Waals surface area contributed by atoms with Gasteiger partial charge in [-0.1, -0.05) is 36.4 Å². The van der Waals surface area contributed by atoms with Gasteiger partial charge in [0, 0.05) is 12.3 Å². The van der Waals surface area contributed by atoms with Gasteiger partial charge in [0.2, 0.25) is 0 Å². The molecule has 1 aromatic carbocycles. The first-order chi connectivity index (χ1) is 8.83. The fourth-order valence-electron chi connectivity index (χ4n) is 1.27. The molecule has 0 heterocycles. The molecule has 18 heavy (non-hydrogen) atoms. The molecule has 0 aromatic heterocycles. The molecule has 1 N–H and O–H groups in total. The van der Waals surface area contributed by atoms with Crippen LogP contribution in [0.4, 0.5) is 4.79 Å². The molecule has 1 aromatic rings. The molecular weight excluding hydrogens is 246 g/mol. The van der Waals surface area contributed by atoms with E-state index in [0.717, 1.165) is 23.5 Å². The van der Waals surface area contributed by atoms with Gasteiger partial charge in [-0.15, -0.1) is 6.58 Å². The molecule has 0 aliphatic heterocycles. The summed E-state index contributed by atoms with van der Waals surface area (Å²) >= 11 is 1.79. The maximum absolute atomic E-state index is 11.3. The van der Waals surface area contributed by atoms with Gasteiger partial charge in [-0.3, -0.25) is 0 Å². The molecule has 0 saturated carbocycles. The van der Waals surface area contributed by atoms with Crippen molar-refractivity contribution >= 4 is 17.9 Å². The number of nitrogens with one attached hydrogen (secondary N) is 1. The van der Waals surface area contributed by atoms with E-state index < -0.39 is 0 Å². The molecular formula is C14H19NO2S. The Hall–Kier alpha value is -1.42. The van der Waals surface area contributed by atoms with Crippen LogP contribution in [0.3, 0.4) is 0 Å². The van der Waals surface area contributed by atoms with Crippen LogP contribution in [0.2, 0.25) is 0 Å². The third-order valence-corrected chi connectivity index (χ3v) is 3.21. The van der Waals surface area contributed by atoms with Crippen LogP contribution in [0, 0.1) is 0 Å². The highest BCUT2D eigenvalue weighted by atomic mass is 32.2. The highest BCUT2D eigenvalue weighted by Gasteiger charge is 2.01. The van der Waals surface area contributed by atoms with E-state index in [0.29, 0.717) is 13.2 Å². The lowest BCUT2D eigenvalue weighted by atomic mass is 10.2. The summed E-state index contributed by atoms with van der Waals surface area (Å²) in [7, 11) is 0. The topological polar surface area (TPSA) is 38.3 Å². The number of allylic oxidation sites excluding steroid dienone is 1. The summed E-state index contributed by atoms with van der Waals surface area (Å²) in [6.07, 6.45) is 2.54. The maximum atomic E-state index is 11.3. The van der Waals surface area contributed by atoms with Crippen molar-refractivity contribution in [3.05, 3.63) is 48.6 Å². The molecule has 0 radical (unpaired) electrons. The van der Waals surface area contributed by atoms with Crippen molar-refractivity contribution in [1.29, 1.82) is 0 Å². The van der Waals surface area contributed by atoms with Crippen LogP contribution in [-0.4, -0.2) is 24.1 Å². The van der Waals surface area contributed by atoms with E-state index in [-0.39, 0.29) is 6.09 Å². The van der Waals surface area contributed by atoms with E-state index in [4.69, 9.17) is 4.74 Å². The van der Waals surface area contributed by atoms with Crippen molar-refractivity contribution in [2.24, 2.45) is 0 Å². The largest absolute Gasteiger partial charge is 0.445 e. The van der Waals surface area contributed by atoms with E-state index in [2.05, 4.69) is 11.9 Å². The summed E-state index contributed by atoms with van der Waals surface area (Å²) in [6, 6.07) is 9.64. The van der Waals surface area contributed by atoms with Gasteiger partial charge in [-0.25, -0.2) is 4.79 Å². The number of ether oxygens (including phenoxy) is 1. The number of thioether (sulfide) groups is 1. The fourth-order valence-corrected chi connectivity index (χ4v) is 2.05. The number of carbonyl (C=O) groups excluding carboxylic acids is 1. The van der Waals surface area contributed by atoms with Gasteiger partial charge in [-0.05, 0) is 17.7 Å². The van der Waals surface area contributed by atoms with Gasteiger partial charge in [0.25, 0.3) is 0 Å². The predicted molar refractivity (Wildman–Crippen MR) is 76.8 cm³/mol. The van der Waals surface area contributed by atoms with E-state index in [1.165, 1.54) is 0 Å². The van der Waals surface area contributed by atoms with Crippen LogP contribution >= 0.6 is 11.8 Å². The highest BCUT2D eigenvalue weighted by Crippen LogP contribution is 2.02. The van der Waals surface area contributed by atoms with Gasteiger partial charge >= 0.3 is 6.09 Å². The lowest BCUT2D eigenvalue weighted by molar-refractivity contribution is 0.140. The second-order valence-electron chi connectivity index (χ2n) is 3.68. The van der Waals surface area contributed by atoms with E-state index in [1.54, 1.807) is 11.8 Å². The van der Waals surface area contributed by atoms with Crippen LogP contribution in [0.5, 0.6) is 0 Å². The number of rotatable bonds is 8. The first-order valence-corrected chi connectivity index (χ1v) is 7.11. The normalized spacial score (nSPS) is 9.78. The zero-order valence-corrected chi connectivity index (χ0v) is 11.2. The Morgan fingerprint density at radius 1 is 1.33 bits per heavy atom. The monoisotopic (exact) mass is 265 g/mol. The Kier molecular flexibility index (Phi) is 7.80. The molecule has 0 unspecified atom stereocenters. The molecule has 0 bridgehead atoms. The first kappa shape index (κ1) is 14.6. The quantitative estimate of drug-likeness (QED) is 0.579. The molecule has 0 aliphatic rings. The molecule has 0 aliphatic carbocycles. The van der Waals surface area contributed by atoms with Gasteiger partial charge in [0.15, 0.2) is 0 Å². The third kappa shape index (κ3) is 7.01. The second-order valence-corrected chi connectivity index (χ2v) is 4.90. The zero-order valence-electron chi connectivity index (χ0n) is 10.4. The van der Waals surface area contributed by atoms with Gasteiger partial charge < -0.3 is 10.1 Å². The molecule has 1 amide bonds. The fraction of sp³-hybridized carbons (Fsp3) is 0.357. The van der Waals surface area contributed by atoms with Gasteiger partial charge in [-0.2, -0.15) is 11.8 Å². The van der Waals surface area contributed by atoms with Crippen molar-refractivity contribution in [3.63, 3.8) is 0 Å². The summed E-state index contributed by atoms with van der Waals surface area (Å²) < 4.78 is 5.08. The smallest absolute Gasteiger partial charge is 0.407 e. The lowest BCUT2D eigenvalue weighted by Gasteiger charge is -2.06. The lowest BCUT2D eigenvalue weighted by Crippen LogP contribution is -2.26. The van der Waals surface area contributed by atoms with Crippen LogP contribution in [0.25, 0.3) is 0 Å². The zero-order chi connectivity index (χ0) is 13.1. The van der Waals surface area contributed by atoms with Gasteiger partial charge in [0.1, 0.15) is 6.61 Å². The minimum Gasteiger partial charge on any atom is -0.445 e. The Morgan fingerprint density at radius 2 is 2.11 bits per heavy atom. The minimum atomic E-state index is -0.358. The highest BCUT2D eigenvalue weighted by molar-refractivity contribution is 7.99. The van der Waals surface area contributed by atoms with Crippen molar-refractivity contribution < 1.29 is 9.53 Å². The summed E-state index contributed by atoms with van der Waals surface area (Å²) in [5, 5.41) is 2.72. The number of carbonyl (C=O) groups is 1. The number of hydrogen-bond donors (Lipinski definition) is 1. The van der Waals surface area contributed by atoms with Crippen molar-refractivity contribution in [2.45, 2.75) is 13.0 Å². The van der Waals surface area contributed by atoms with Crippen LogP contribution in [-0.2, 0) is 11.3 Å². The number of hydrogen-bond acceptors (Lipinski definition) is 3. The average molecular weight is 265 g/mol. The van der Waals surface area contributed by atoms with Crippen LogP contribution in [0.15, 0.2) is 43.0 Å². The summed E-state index contributed by atoms with van der Waals surface area (Å²) in [6.45, 7) is 4.61. The average Bonchev–Trinajstić information content (AvgIpc) is 2.41. The third-order valence-electron chi connectivity index (χ3n) is 2.19. The van der Waals surface area contributed by atoms with Gasteiger partial charge in [0.05, 0.1) is 0 Å². The molecule has 4 heteroatoms. The summed E-state index contributed by atoms with van der Waals surface area (Å²) in [5.41, 5.74) is 0.994. The summed E-state index contributed by atoms with van der Waals surface area (Å²) in [5.74, 6) is 1.94. The van der Waals surface area contributed by atoms with E-state index in [9.17, 15) is 4.79 Å².